The lowest BCUT2D eigenvalue weighted by Crippen LogP contribution is -2.48. The third-order valence-corrected chi connectivity index (χ3v) is 4.47. The van der Waals surface area contributed by atoms with Crippen molar-refractivity contribution in [2.24, 2.45) is 11.0 Å². The van der Waals surface area contributed by atoms with Gasteiger partial charge in [-0.1, -0.05) is 60.8 Å². The SMILES string of the molecule is CC(C)C(NC(=O)c1ccc(Cl)cc1Cl)C(=O)NN=Cc1ccc(Cl)cc1. The molecular weight excluding hydrogens is 409 g/mol. The minimum Gasteiger partial charge on any atom is -0.340 e. The van der Waals surface area contributed by atoms with Gasteiger partial charge < -0.3 is 5.32 Å². The molecule has 2 aromatic carbocycles. The molecule has 0 spiro atoms. The minimum absolute atomic E-state index is 0.161. The summed E-state index contributed by atoms with van der Waals surface area (Å²) in [4.78, 5) is 24.9. The highest BCUT2D eigenvalue weighted by atomic mass is 35.5. The van der Waals surface area contributed by atoms with Crippen LogP contribution in [-0.4, -0.2) is 24.1 Å². The van der Waals surface area contributed by atoms with Gasteiger partial charge in [0.05, 0.1) is 16.8 Å². The number of hydrazone groups is 1. The second-order valence-electron chi connectivity index (χ2n) is 6.11. The zero-order valence-electron chi connectivity index (χ0n) is 14.7. The first kappa shape index (κ1) is 21.2. The van der Waals surface area contributed by atoms with Gasteiger partial charge in [0.25, 0.3) is 11.8 Å². The molecule has 1 unspecified atom stereocenters. The number of nitrogens with zero attached hydrogens (tertiary/aromatic N) is 1. The molecule has 0 bridgehead atoms. The molecule has 27 heavy (non-hydrogen) atoms. The Kier molecular flexibility index (Phi) is 7.66. The number of rotatable bonds is 6. The van der Waals surface area contributed by atoms with Gasteiger partial charge in [-0.25, -0.2) is 5.43 Å². The molecule has 1 atom stereocenters. The second-order valence-corrected chi connectivity index (χ2v) is 7.39. The Balaban J connectivity index is 2.04. The predicted molar refractivity (Wildman–Crippen MR) is 110 cm³/mol. The standard InChI is InChI=1S/C19H18Cl3N3O2/c1-11(2)17(24-18(26)15-8-7-14(21)9-16(15)22)19(27)25-23-10-12-3-5-13(20)6-4-12/h3-11,17H,1-2H3,(H,24,26)(H,25,27). The molecule has 142 valence electrons. The van der Waals surface area contributed by atoms with E-state index in [1.807, 2.05) is 13.8 Å². The van der Waals surface area contributed by atoms with Gasteiger partial charge in [-0.15, -0.1) is 0 Å². The molecule has 5 nitrogen and oxygen atoms in total. The first-order valence-electron chi connectivity index (χ1n) is 8.12. The second kappa shape index (κ2) is 9.74. The summed E-state index contributed by atoms with van der Waals surface area (Å²) in [6.07, 6.45) is 1.49. The van der Waals surface area contributed by atoms with Crippen LogP contribution in [0.2, 0.25) is 15.1 Å². The molecule has 0 aliphatic heterocycles. The van der Waals surface area contributed by atoms with Crippen LogP contribution in [0.25, 0.3) is 0 Å². The van der Waals surface area contributed by atoms with Crippen molar-refractivity contribution in [2.75, 3.05) is 0 Å². The minimum atomic E-state index is -0.786. The number of hydrogen-bond acceptors (Lipinski definition) is 3. The van der Waals surface area contributed by atoms with E-state index >= 15 is 0 Å². The first-order chi connectivity index (χ1) is 12.8. The zero-order chi connectivity index (χ0) is 20.0. The van der Waals surface area contributed by atoms with E-state index in [1.54, 1.807) is 30.3 Å². The van der Waals surface area contributed by atoms with Crippen molar-refractivity contribution in [1.82, 2.24) is 10.7 Å². The van der Waals surface area contributed by atoms with Crippen LogP contribution in [0.15, 0.2) is 47.6 Å². The molecule has 0 fully saturated rings. The maximum absolute atomic E-state index is 12.5. The summed E-state index contributed by atoms with van der Waals surface area (Å²) in [5.74, 6) is -1.06. The van der Waals surface area contributed by atoms with Crippen LogP contribution >= 0.6 is 34.8 Å². The number of hydrogen-bond donors (Lipinski definition) is 2. The fourth-order valence-electron chi connectivity index (χ4n) is 2.22. The molecule has 0 aliphatic rings. The van der Waals surface area contributed by atoms with Gasteiger partial charge in [0, 0.05) is 10.0 Å². The van der Waals surface area contributed by atoms with Crippen LogP contribution in [0.4, 0.5) is 0 Å². The average Bonchev–Trinajstić information content (AvgIpc) is 2.60. The third-order valence-electron chi connectivity index (χ3n) is 3.67. The Morgan fingerprint density at radius 3 is 2.22 bits per heavy atom. The molecule has 2 N–H and O–H groups in total. The van der Waals surface area contributed by atoms with Crippen LogP contribution < -0.4 is 10.7 Å². The van der Waals surface area contributed by atoms with Gasteiger partial charge >= 0.3 is 0 Å². The lowest BCUT2D eigenvalue weighted by molar-refractivity contribution is -0.123. The highest BCUT2D eigenvalue weighted by molar-refractivity contribution is 6.36. The van der Waals surface area contributed by atoms with Crippen molar-refractivity contribution in [3.8, 4) is 0 Å². The van der Waals surface area contributed by atoms with Crippen LogP contribution in [0, 0.1) is 5.92 Å². The van der Waals surface area contributed by atoms with Crippen molar-refractivity contribution in [1.29, 1.82) is 0 Å². The zero-order valence-corrected chi connectivity index (χ0v) is 16.9. The molecule has 0 aliphatic carbocycles. The molecule has 0 radical (unpaired) electrons. The van der Waals surface area contributed by atoms with Gasteiger partial charge in [-0.3, -0.25) is 9.59 Å². The molecular formula is C19H18Cl3N3O2. The molecule has 0 heterocycles. The number of carbonyl (C=O) groups excluding carboxylic acids is 2. The van der Waals surface area contributed by atoms with Crippen LogP contribution in [0.1, 0.15) is 29.8 Å². The fraction of sp³-hybridized carbons (Fsp3) is 0.211. The summed E-state index contributed by atoms with van der Waals surface area (Å²) in [5, 5.41) is 7.85. The lowest BCUT2D eigenvalue weighted by Gasteiger charge is -2.20. The molecule has 0 saturated carbocycles. The number of benzene rings is 2. The summed E-state index contributed by atoms with van der Waals surface area (Å²) >= 11 is 17.7. The van der Waals surface area contributed by atoms with Gasteiger partial charge in [0.1, 0.15) is 6.04 Å². The molecule has 0 aromatic heterocycles. The topological polar surface area (TPSA) is 70.6 Å². The van der Waals surface area contributed by atoms with E-state index in [0.717, 1.165) is 5.56 Å². The van der Waals surface area contributed by atoms with E-state index in [4.69, 9.17) is 34.8 Å². The average molecular weight is 427 g/mol. The Bertz CT molecular complexity index is 852. The van der Waals surface area contributed by atoms with Crippen molar-refractivity contribution in [3.63, 3.8) is 0 Å². The van der Waals surface area contributed by atoms with Crippen molar-refractivity contribution >= 4 is 52.8 Å². The number of halogens is 3. The quantitative estimate of drug-likeness (QED) is 0.525. The van der Waals surface area contributed by atoms with E-state index in [-0.39, 0.29) is 16.5 Å². The maximum Gasteiger partial charge on any atom is 0.262 e. The number of carbonyl (C=O) groups is 2. The van der Waals surface area contributed by atoms with Gasteiger partial charge in [-0.2, -0.15) is 5.10 Å². The third kappa shape index (κ3) is 6.24. The van der Waals surface area contributed by atoms with E-state index in [1.165, 1.54) is 18.3 Å². The van der Waals surface area contributed by atoms with E-state index in [2.05, 4.69) is 15.8 Å². The van der Waals surface area contributed by atoms with Crippen molar-refractivity contribution in [3.05, 3.63) is 68.7 Å². The van der Waals surface area contributed by atoms with Gasteiger partial charge in [0.2, 0.25) is 0 Å². The molecule has 2 aromatic rings. The highest BCUT2D eigenvalue weighted by Gasteiger charge is 2.25. The smallest absolute Gasteiger partial charge is 0.262 e. The van der Waals surface area contributed by atoms with Crippen molar-refractivity contribution in [2.45, 2.75) is 19.9 Å². The maximum atomic E-state index is 12.5. The largest absolute Gasteiger partial charge is 0.340 e. The molecule has 0 saturated heterocycles. The lowest BCUT2D eigenvalue weighted by atomic mass is 10.0. The molecule has 2 rings (SSSR count). The normalized spacial score (nSPS) is 12.2. The van der Waals surface area contributed by atoms with Crippen LogP contribution in [0.5, 0.6) is 0 Å². The predicted octanol–water partition coefficient (Wildman–Crippen LogP) is 4.55. The molecule has 8 heteroatoms. The van der Waals surface area contributed by atoms with Crippen LogP contribution in [-0.2, 0) is 4.79 Å². The van der Waals surface area contributed by atoms with Crippen molar-refractivity contribution < 1.29 is 9.59 Å². The van der Waals surface area contributed by atoms with E-state index in [9.17, 15) is 9.59 Å². The highest BCUT2D eigenvalue weighted by Crippen LogP contribution is 2.21. The Hall–Kier alpha value is -2.08. The summed E-state index contributed by atoms with van der Waals surface area (Å²) in [6.45, 7) is 3.63. The summed E-state index contributed by atoms with van der Waals surface area (Å²) in [6, 6.07) is 10.7. The molecule has 2 amide bonds. The van der Waals surface area contributed by atoms with Crippen LogP contribution in [0.3, 0.4) is 0 Å². The first-order valence-corrected chi connectivity index (χ1v) is 9.25. The van der Waals surface area contributed by atoms with Gasteiger partial charge in [0.15, 0.2) is 0 Å². The number of amides is 2. The van der Waals surface area contributed by atoms with E-state index in [0.29, 0.717) is 10.0 Å². The Morgan fingerprint density at radius 1 is 1.00 bits per heavy atom. The summed E-state index contributed by atoms with van der Waals surface area (Å²) in [7, 11) is 0. The Labute approximate surface area is 172 Å². The summed E-state index contributed by atoms with van der Waals surface area (Å²) < 4.78 is 0. The Morgan fingerprint density at radius 2 is 1.63 bits per heavy atom. The fourth-order valence-corrected chi connectivity index (χ4v) is 2.84. The van der Waals surface area contributed by atoms with Gasteiger partial charge in [-0.05, 0) is 41.8 Å². The van der Waals surface area contributed by atoms with E-state index < -0.39 is 17.9 Å². The summed E-state index contributed by atoms with van der Waals surface area (Å²) in [5.41, 5.74) is 3.45. The monoisotopic (exact) mass is 425 g/mol. The number of nitrogens with one attached hydrogen (secondary N) is 2.